The lowest BCUT2D eigenvalue weighted by molar-refractivity contribution is 1.07. The summed E-state index contributed by atoms with van der Waals surface area (Å²) in [6.07, 6.45) is 12.4. The summed E-state index contributed by atoms with van der Waals surface area (Å²) in [7, 11) is 0. The molecule has 1 aromatic heterocycles. The molecule has 2 aliphatic carbocycles. The van der Waals surface area contributed by atoms with E-state index in [1.165, 1.54) is 17.4 Å². The van der Waals surface area contributed by atoms with Crippen molar-refractivity contribution in [3.05, 3.63) is 66.8 Å². The van der Waals surface area contributed by atoms with Crippen LogP contribution in [-0.2, 0) is 0 Å². The van der Waals surface area contributed by atoms with E-state index < -0.39 is 0 Å². The molecule has 5 radical (unpaired) electrons. The molecule has 3 rings (SSSR count). The van der Waals surface area contributed by atoms with Crippen LogP contribution in [0.15, 0.2) is 24.4 Å². The topological polar surface area (TPSA) is 12.9 Å². The summed E-state index contributed by atoms with van der Waals surface area (Å²) >= 11 is 0. The van der Waals surface area contributed by atoms with Crippen LogP contribution in [0.2, 0.25) is 0 Å². The smallest absolute Gasteiger partial charge is 0.0559 e. The maximum absolute atomic E-state index is 4.38. The molecule has 1 fully saturated rings. The van der Waals surface area contributed by atoms with Crippen molar-refractivity contribution in [1.82, 2.24) is 4.98 Å². The Labute approximate surface area is 78.5 Å². The number of aromatic nitrogens is 1. The molecule has 1 nitrogen and oxygen atoms in total. The van der Waals surface area contributed by atoms with Crippen LogP contribution >= 0.6 is 0 Å². The third-order valence-electron chi connectivity index (χ3n) is 2.39. The molecule has 1 saturated carbocycles. The quantitative estimate of drug-likeness (QED) is 0.576. The van der Waals surface area contributed by atoms with E-state index in [1.807, 2.05) is 12.3 Å². The number of hydrogen-bond donors (Lipinski definition) is 0. The van der Waals surface area contributed by atoms with Gasteiger partial charge >= 0.3 is 0 Å². The second kappa shape index (κ2) is 2.69. The highest BCUT2D eigenvalue weighted by Gasteiger charge is 2.33. The first-order chi connectivity index (χ1) is 6.45. The molecule has 1 aromatic rings. The maximum atomic E-state index is 4.38. The van der Waals surface area contributed by atoms with Gasteiger partial charge in [-0.15, -0.1) is 0 Å². The van der Waals surface area contributed by atoms with Crippen molar-refractivity contribution in [3.63, 3.8) is 0 Å². The first kappa shape index (κ1) is 7.31. The number of pyridine rings is 1. The predicted octanol–water partition coefficient (Wildman–Crippen LogP) is 2.23. The fourth-order valence-corrected chi connectivity index (χ4v) is 1.75. The van der Waals surface area contributed by atoms with Crippen molar-refractivity contribution in [2.24, 2.45) is 0 Å². The number of hydrogen-bond acceptors (Lipinski definition) is 1. The molecule has 0 N–H and O–H groups in total. The number of rotatable bonds is 0. The highest BCUT2D eigenvalue weighted by molar-refractivity contribution is 5.72. The highest BCUT2D eigenvalue weighted by atomic mass is 14.7. The fraction of sp³-hybridized carbons (Fsp3) is 0. The van der Waals surface area contributed by atoms with E-state index in [9.17, 15) is 0 Å². The van der Waals surface area contributed by atoms with Crippen LogP contribution < -0.4 is 0 Å². The third kappa shape index (κ3) is 1.03. The van der Waals surface area contributed by atoms with Gasteiger partial charge in [0.15, 0.2) is 0 Å². The Balaban J connectivity index is 2.13. The van der Waals surface area contributed by atoms with Gasteiger partial charge in [-0.1, -0.05) is 18.2 Å². The molecule has 0 amide bonds. The van der Waals surface area contributed by atoms with Crippen molar-refractivity contribution in [2.75, 3.05) is 0 Å². The number of fused-ring (bicyclic) bond motifs is 3. The van der Waals surface area contributed by atoms with Gasteiger partial charge in [-0.05, 0) is 30.9 Å². The summed E-state index contributed by atoms with van der Waals surface area (Å²) in [5.74, 6) is 2.52. The average Bonchev–Trinajstić information content (AvgIpc) is 2.65. The van der Waals surface area contributed by atoms with Crippen LogP contribution in [0.25, 0.3) is 6.08 Å². The summed E-state index contributed by atoms with van der Waals surface area (Å²) in [5, 5.41) is 0. The summed E-state index contributed by atoms with van der Waals surface area (Å²) in [4.78, 5) is 4.38. The SMILES string of the molecule is [CH]1[CH][C]2C=Cc3cccnc3[C]2[CH]1. The Morgan fingerprint density at radius 3 is 3.08 bits per heavy atom. The summed E-state index contributed by atoms with van der Waals surface area (Å²) in [5.41, 5.74) is 2.31. The molecular formula is C12H8N. The van der Waals surface area contributed by atoms with Crippen molar-refractivity contribution in [3.8, 4) is 0 Å². The standard InChI is InChI=1S/C12H8N/c1-3-9-6-7-10-4-2-8-13-12(10)11(9)5-1/h1-8H. The van der Waals surface area contributed by atoms with Crippen molar-refractivity contribution >= 4 is 6.08 Å². The monoisotopic (exact) mass is 166 g/mol. The molecule has 0 atom stereocenters. The Hall–Kier alpha value is -1.11. The maximum Gasteiger partial charge on any atom is 0.0559 e. The van der Waals surface area contributed by atoms with Gasteiger partial charge in [0.05, 0.1) is 5.69 Å². The molecule has 0 aromatic carbocycles. The Bertz CT molecular complexity index is 354. The minimum Gasteiger partial charge on any atom is -0.260 e. The molecule has 0 saturated heterocycles. The highest BCUT2D eigenvalue weighted by Crippen LogP contribution is 2.42. The van der Waals surface area contributed by atoms with Gasteiger partial charge in [-0.25, -0.2) is 0 Å². The second-order valence-corrected chi connectivity index (χ2v) is 3.17. The zero-order chi connectivity index (χ0) is 8.67. The predicted molar refractivity (Wildman–Crippen MR) is 51.8 cm³/mol. The van der Waals surface area contributed by atoms with Gasteiger partial charge in [0.1, 0.15) is 0 Å². The minimum atomic E-state index is 1.10. The molecule has 0 aliphatic heterocycles. The largest absolute Gasteiger partial charge is 0.260 e. The molecule has 61 valence electrons. The molecule has 0 spiro atoms. The molecule has 2 aliphatic rings. The Morgan fingerprint density at radius 2 is 2.08 bits per heavy atom. The normalized spacial score (nSPS) is 21.5. The van der Waals surface area contributed by atoms with Gasteiger partial charge in [0.25, 0.3) is 0 Å². The number of allylic oxidation sites excluding steroid dienone is 1. The molecule has 0 bridgehead atoms. The van der Waals surface area contributed by atoms with Crippen molar-refractivity contribution in [1.29, 1.82) is 0 Å². The van der Waals surface area contributed by atoms with E-state index >= 15 is 0 Å². The Kier molecular flexibility index (Phi) is 1.51. The summed E-state index contributed by atoms with van der Waals surface area (Å²) < 4.78 is 0. The first-order valence-electron chi connectivity index (χ1n) is 4.34. The van der Waals surface area contributed by atoms with Gasteiger partial charge in [-0.2, -0.15) is 0 Å². The second-order valence-electron chi connectivity index (χ2n) is 3.17. The van der Waals surface area contributed by atoms with E-state index in [0.717, 1.165) is 5.69 Å². The molecule has 13 heavy (non-hydrogen) atoms. The summed E-state index contributed by atoms with van der Waals surface area (Å²) in [6.45, 7) is 0. The summed E-state index contributed by atoms with van der Waals surface area (Å²) in [6, 6.07) is 4.06. The van der Waals surface area contributed by atoms with Crippen LogP contribution in [0, 0.1) is 31.1 Å². The van der Waals surface area contributed by atoms with E-state index in [4.69, 9.17) is 0 Å². The minimum absolute atomic E-state index is 1.10. The molecule has 1 heterocycles. The van der Waals surface area contributed by atoms with Crippen LogP contribution in [-0.4, -0.2) is 4.98 Å². The van der Waals surface area contributed by atoms with E-state index in [2.05, 4.69) is 42.5 Å². The lowest BCUT2D eigenvalue weighted by Crippen LogP contribution is -2.10. The van der Waals surface area contributed by atoms with Gasteiger partial charge in [0.2, 0.25) is 0 Å². The van der Waals surface area contributed by atoms with Gasteiger partial charge in [-0.3, -0.25) is 4.98 Å². The fourth-order valence-electron chi connectivity index (χ4n) is 1.75. The zero-order valence-corrected chi connectivity index (χ0v) is 7.07. The lowest BCUT2D eigenvalue weighted by Gasteiger charge is -2.20. The molecule has 1 heteroatoms. The molecule has 0 unspecified atom stereocenters. The molecular weight excluding hydrogens is 158 g/mol. The lowest BCUT2D eigenvalue weighted by atomic mass is 9.85. The van der Waals surface area contributed by atoms with E-state index in [-0.39, 0.29) is 0 Å². The van der Waals surface area contributed by atoms with E-state index in [1.54, 1.807) is 0 Å². The number of nitrogens with zero attached hydrogens (tertiary/aromatic N) is 1. The van der Waals surface area contributed by atoms with Crippen molar-refractivity contribution in [2.45, 2.75) is 0 Å². The van der Waals surface area contributed by atoms with Crippen LogP contribution in [0.4, 0.5) is 0 Å². The van der Waals surface area contributed by atoms with E-state index in [0.29, 0.717) is 0 Å². The average molecular weight is 166 g/mol. The van der Waals surface area contributed by atoms with Crippen LogP contribution in [0.5, 0.6) is 0 Å². The van der Waals surface area contributed by atoms with Crippen LogP contribution in [0.1, 0.15) is 11.3 Å². The zero-order valence-electron chi connectivity index (χ0n) is 7.07. The Morgan fingerprint density at radius 1 is 1.08 bits per heavy atom. The van der Waals surface area contributed by atoms with Gasteiger partial charge < -0.3 is 0 Å². The van der Waals surface area contributed by atoms with Gasteiger partial charge in [0, 0.05) is 18.0 Å². The first-order valence-corrected chi connectivity index (χ1v) is 4.34. The van der Waals surface area contributed by atoms with Crippen LogP contribution in [0.3, 0.4) is 0 Å². The third-order valence-corrected chi connectivity index (χ3v) is 2.39. The van der Waals surface area contributed by atoms with Crippen molar-refractivity contribution < 1.29 is 0 Å².